The van der Waals surface area contributed by atoms with Gasteiger partial charge in [-0.3, -0.25) is 10.9 Å². The third-order valence-corrected chi connectivity index (χ3v) is 1.65. The lowest BCUT2D eigenvalue weighted by atomic mass is 10.3. The summed E-state index contributed by atoms with van der Waals surface area (Å²) in [6.45, 7) is 0. The van der Waals surface area contributed by atoms with Gasteiger partial charge in [-0.25, -0.2) is 4.79 Å². The van der Waals surface area contributed by atoms with E-state index < -0.39 is 6.03 Å². The molecule has 0 bridgehead atoms. The van der Waals surface area contributed by atoms with Crippen LogP contribution in [0.3, 0.4) is 0 Å². The number of nitrogens with two attached hydrogens (primary N) is 1. The first kappa shape index (κ1) is 8.86. The van der Waals surface area contributed by atoms with E-state index >= 15 is 0 Å². The van der Waals surface area contributed by atoms with Gasteiger partial charge in [0.05, 0.1) is 5.69 Å². The highest BCUT2D eigenvalue weighted by Crippen LogP contribution is 2.14. The van der Waals surface area contributed by atoms with Crippen molar-refractivity contribution in [1.82, 2.24) is 5.43 Å². The molecular weight excluding hydrogens is 222 g/mol. The molecule has 1 aromatic carbocycles. The van der Waals surface area contributed by atoms with Gasteiger partial charge in [0, 0.05) is 4.47 Å². The highest BCUT2D eigenvalue weighted by molar-refractivity contribution is 9.10. The molecule has 0 spiro atoms. The number of urea groups is 1. The number of benzene rings is 1. The van der Waals surface area contributed by atoms with Crippen LogP contribution in [0.1, 0.15) is 0 Å². The van der Waals surface area contributed by atoms with Crippen LogP contribution in [-0.4, -0.2) is 6.03 Å². The normalized spacial score (nSPS) is 9.08. The van der Waals surface area contributed by atoms with E-state index in [0.29, 0.717) is 0 Å². The molecule has 1 aromatic rings. The Morgan fingerprint density at radius 3 is 2.83 bits per heavy atom. The van der Waals surface area contributed by atoms with Crippen LogP contribution in [0.2, 0.25) is 0 Å². The van der Waals surface area contributed by atoms with E-state index in [9.17, 15) is 4.79 Å². The minimum Gasteiger partial charge on any atom is -0.350 e. The lowest BCUT2D eigenvalue weighted by Gasteiger charge is -2.05. The van der Waals surface area contributed by atoms with Crippen molar-refractivity contribution < 1.29 is 4.79 Å². The van der Waals surface area contributed by atoms with Gasteiger partial charge in [-0.2, -0.15) is 0 Å². The predicted molar refractivity (Wildman–Crippen MR) is 50.5 cm³/mol. The lowest BCUT2D eigenvalue weighted by molar-refractivity contribution is 0.250. The summed E-state index contributed by atoms with van der Waals surface area (Å²) in [6.07, 6.45) is 0. The minimum atomic E-state index is -0.616. The number of amides is 2. The third-order valence-electron chi connectivity index (χ3n) is 1.15. The molecule has 0 unspecified atom stereocenters. The zero-order valence-corrected chi connectivity index (χ0v) is 7.76. The monoisotopic (exact) mass is 229 g/mol. The molecule has 5 heteroatoms. The van der Waals surface area contributed by atoms with Crippen LogP contribution in [0.5, 0.6) is 0 Å². The number of anilines is 1. The van der Waals surface area contributed by atoms with Crippen molar-refractivity contribution in [3.05, 3.63) is 28.7 Å². The summed E-state index contributed by atoms with van der Waals surface area (Å²) in [5.41, 5.74) is 10.5. The van der Waals surface area contributed by atoms with E-state index in [2.05, 4.69) is 26.8 Å². The van der Waals surface area contributed by atoms with Gasteiger partial charge in [0.2, 0.25) is 0 Å². The molecule has 0 radical (unpaired) electrons. The van der Waals surface area contributed by atoms with Crippen LogP contribution in [0.15, 0.2) is 28.7 Å². The van der Waals surface area contributed by atoms with Gasteiger partial charge >= 0.3 is 6.03 Å². The Labute approximate surface area is 78.2 Å². The number of carbonyl (C=O) groups is 1. The van der Waals surface area contributed by atoms with Crippen molar-refractivity contribution in [3.8, 4) is 0 Å². The highest BCUT2D eigenvalue weighted by atomic mass is 79.9. The van der Waals surface area contributed by atoms with E-state index in [-0.39, 0.29) is 0 Å². The first-order chi connectivity index (χ1) is 5.68. The van der Waals surface area contributed by atoms with E-state index in [1.807, 2.05) is 18.2 Å². The molecular formula is C7H8BrN3O. The average Bonchev–Trinajstić information content (AvgIpc) is 2.01. The molecule has 12 heavy (non-hydrogen) atoms. The number of halogens is 1. The Morgan fingerprint density at radius 1 is 1.50 bits per heavy atom. The summed E-state index contributed by atoms with van der Waals surface area (Å²) in [5, 5.41) is 0. The molecule has 0 saturated carbocycles. The zero-order chi connectivity index (χ0) is 8.97. The zero-order valence-electron chi connectivity index (χ0n) is 6.17. The molecule has 0 saturated heterocycles. The van der Waals surface area contributed by atoms with Gasteiger partial charge in [-0.15, -0.1) is 0 Å². The van der Waals surface area contributed by atoms with E-state index in [1.165, 1.54) is 0 Å². The number of hydrazine groups is 1. The van der Waals surface area contributed by atoms with Crippen LogP contribution < -0.4 is 16.6 Å². The van der Waals surface area contributed by atoms with Crippen LogP contribution in [0.25, 0.3) is 0 Å². The van der Waals surface area contributed by atoms with E-state index in [0.717, 1.165) is 10.2 Å². The summed E-state index contributed by atoms with van der Waals surface area (Å²) in [4.78, 5) is 10.3. The van der Waals surface area contributed by atoms with Crippen molar-refractivity contribution in [2.75, 3.05) is 5.43 Å². The van der Waals surface area contributed by atoms with Crippen molar-refractivity contribution >= 4 is 27.6 Å². The Hall–Kier alpha value is -1.23. The molecule has 1 rings (SSSR count). The smallest absolute Gasteiger partial charge is 0.330 e. The first-order valence-electron chi connectivity index (χ1n) is 3.25. The molecule has 0 aliphatic carbocycles. The van der Waals surface area contributed by atoms with Crippen LogP contribution in [0.4, 0.5) is 10.5 Å². The molecule has 0 aliphatic heterocycles. The summed E-state index contributed by atoms with van der Waals surface area (Å²) < 4.78 is 0.929. The third kappa shape index (κ3) is 2.79. The second-order valence-electron chi connectivity index (χ2n) is 2.12. The Morgan fingerprint density at radius 2 is 2.25 bits per heavy atom. The summed E-state index contributed by atoms with van der Waals surface area (Å²) in [6, 6.07) is 6.73. The van der Waals surface area contributed by atoms with Crippen LogP contribution in [0, 0.1) is 0 Å². The van der Waals surface area contributed by atoms with E-state index in [4.69, 9.17) is 5.73 Å². The Kier molecular flexibility index (Phi) is 2.93. The van der Waals surface area contributed by atoms with Crippen molar-refractivity contribution in [2.24, 2.45) is 5.73 Å². The topological polar surface area (TPSA) is 67.2 Å². The van der Waals surface area contributed by atoms with Gasteiger partial charge < -0.3 is 5.73 Å². The Bertz CT molecular complexity index is 290. The quantitative estimate of drug-likeness (QED) is 0.673. The molecule has 4 nitrogen and oxygen atoms in total. The maximum Gasteiger partial charge on any atom is 0.330 e. The van der Waals surface area contributed by atoms with Gasteiger partial charge in [-0.05, 0) is 18.2 Å². The fourth-order valence-corrected chi connectivity index (χ4v) is 1.10. The molecule has 64 valence electrons. The number of carbonyl (C=O) groups excluding carboxylic acids is 1. The predicted octanol–water partition coefficient (Wildman–Crippen LogP) is 1.44. The van der Waals surface area contributed by atoms with Crippen LogP contribution in [-0.2, 0) is 0 Å². The molecule has 4 N–H and O–H groups in total. The second kappa shape index (κ2) is 3.96. The lowest BCUT2D eigenvalue weighted by Crippen LogP contribution is -2.34. The fourth-order valence-electron chi connectivity index (χ4n) is 0.700. The second-order valence-corrected chi connectivity index (χ2v) is 3.04. The summed E-state index contributed by atoms with van der Waals surface area (Å²) in [7, 11) is 0. The van der Waals surface area contributed by atoms with Gasteiger partial charge in [0.25, 0.3) is 0 Å². The standard InChI is InChI=1S/C7H8BrN3O/c8-5-2-1-3-6(4-5)10-11-7(9)12/h1-4,10H,(H3,9,11,12). The summed E-state index contributed by atoms with van der Waals surface area (Å²) in [5.74, 6) is 0. The first-order valence-corrected chi connectivity index (χ1v) is 4.05. The fraction of sp³-hybridized carbons (Fsp3) is 0. The van der Waals surface area contributed by atoms with Crippen LogP contribution >= 0.6 is 15.9 Å². The summed E-state index contributed by atoms with van der Waals surface area (Å²) >= 11 is 3.29. The molecule has 0 heterocycles. The maximum absolute atomic E-state index is 10.3. The van der Waals surface area contributed by atoms with E-state index in [1.54, 1.807) is 6.07 Å². The van der Waals surface area contributed by atoms with Crippen molar-refractivity contribution in [1.29, 1.82) is 0 Å². The van der Waals surface area contributed by atoms with Gasteiger partial charge in [0.15, 0.2) is 0 Å². The largest absolute Gasteiger partial charge is 0.350 e. The van der Waals surface area contributed by atoms with Gasteiger partial charge in [0.1, 0.15) is 0 Å². The van der Waals surface area contributed by atoms with Gasteiger partial charge in [-0.1, -0.05) is 22.0 Å². The molecule has 0 aliphatic rings. The number of rotatable bonds is 2. The SMILES string of the molecule is NC(=O)NNc1cccc(Br)c1. The highest BCUT2D eigenvalue weighted by Gasteiger charge is 1.92. The molecule has 2 amide bonds. The number of primary amides is 1. The maximum atomic E-state index is 10.3. The molecule has 0 fully saturated rings. The number of hydrogen-bond donors (Lipinski definition) is 3. The molecule has 0 aromatic heterocycles. The Balaban J connectivity index is 2.57. The number of hydrogen-bond acceptors (Lipinski definition) is 2. The minimum absolute atomic E-state index is 0.616. The molecule has 0 atom stereocenters. The average molecular weight is 230 g/mol. The van der Waals surface area contributed by atoms with Crippen molar-refractivity contribution in [2.45, 2.75) is 0 Å². The number of nitrogens with one attached hydrogen (secondary N) is 2. The van der Waals surface area contributed by atoms with Crippen molar-refractivity contribution in [3.63, 3.8) is 0 Å².